The van der Waals surface area contributed by atoms with Crippen molar-refractivity contribution in [3.63, 3.8) is 0 Å². The van der Waals surface area contributed by atoms with Gasteiger partial charge in [0.15, 0.2) is 0 Å². The molecule has 3 rings (SSSR count). The third kappa shape index (κ3) is 1.76. The molecule has 0 aliphatic heterocycles. The van der Waals surface area contributed by atoms with Crippen LogP contribution in [0, 0.1) is 6.92 Å². The molecule has 3 heteroatoms. The van der Waals surface area contributed by atoms with Crippen LogP contribution in [0.4, 0.5) is 0 Å². The van der Waals surface area contributed by atoms with Gasteiger partial charge in [-0.05, 0) is 43.4 Å². The van der Waals surface area contributed by atoms with Crippen LogP contribution in [0.1, 0.15) is 29.1 Å². The summed E-state index contributed by atoms with van der Waals surface area (Å²) in [7, 11) is 0. The van der Waals surface area contributed by atoms with Gasteiger partial charge in [0.2, 0.25) is 0 Å². The summed E-state index contributed by atoms with van der Waals surface area (Å²) in [6.45, 7) is 2.51. The van der Waals surface area contributed by atoms with Crippen LogP contribution in [0.2, 0.25) is 0 Å². The van der Waals surface area contributed by atoms with Gasteiger partial charge in [0, 0.05) is 11.3 Å². The van der Waals surface area contributed by atoms with Crippen molar-refractivity contribution in [1.82, 2.24) is 9.97 Å². The first-order valence-corrected chi connectivity index (χ1v) is 6.15. The Morgan fingerprint density at radius 1 is 1.29 bits per heavy atom. The monoisotopic (exact) mass is 227 g/mol. The highest BCUT2D eigenvalue weighted by molar-refractivity contribution is 5.64. The fourth-order valence-electron chi connectivity index (χ4n) is 2.62. The smallest absolute Gasteiger partial charge is 0.120 e. The van der Waals surface area contributed by atoms with Gasteiger partial charge in [0.25, 0.3) is 0 Å². The zero-order chi connectivity index (χ0) is 11.8. The minimum Gasteiger partial charge on any atom is -0.344 e. The van der Waals surface area contributed by atoms with Crippen LogP contribution in [0.15, 0.2) is 18.2 Å². The predicted molar refractivity (Wildman–Crippen MR) is 68.7 cm³/mol. The van der Waals surface area contributed by atoms with Gasteiger partial charge in [0.05, 0.1) is 12.2 Å². The van der Waals surface area contributed by atoms with Gasteiger partial charge >= 0.3 is 0 Å². The number of nitrogens with two attached hydrogens (primary N) is 1. The van der Waals surface area contributed by atoms with Crippen molar-refractivity contribution in [3.05, 3.63) is 40.8 Å². The minimum atomic E-state index is 0.464. The SMILES string of the molecule is Cc1[nH]c(CN)nc1-c1ccc2c(c1)CCC2. The molecule has 1 heterocycles. The van der Waals surface area contributed by atoms with E-state index in [2.05, 4.69) is 35.1 Å². The first-order valence-electron chi connectivity index (χ1n) is 6.15. The topological polar surface area (TPSA) is 54.7 Å². The van der Waals surface area contributed by atoms with Crippen LogP contribution in [0.3, 0.4) is 0 Å². The Bertz CT molecular complexity index is 555. The summed E-state index contributed by atoms with van der Waals surface area (Å²) in [6.07, 6.45) is 3.71. The molecule has 1 aliphatic rings. The molecule has 0 saturated heterocycles. The maximum Gasteiger partial charge on any atom is 0.120 e. The zero-order valence-electron chi connectivity index (χ0n) is 10.1. The molecule has 88 valence electrons. The van der Waals surface area contributed by atoms with Crippen LogP contribution in [-0.4, -0.2) is 9.97 Å². The van der Waals surface area contributed by atoms with E-state index in [0.717, 1.165) is 17.2 Å². The van der Waals surface area contributed by atoms with Crippen LogP contribution >= 0.6 is 0 Å². The highest BCUT2D eigenvalue weighted by Crippen LogP contribution is 2.28. The van der Waals surface area contributed by atoms with Crippen LogP contribution < -0.4 is 5.73 Å². The molecule has 1 aliphatic carbocycles. The lowest BCUT2D eigenvalue weighted by Crippen LogP contribution is -1.97. The van der Waals surface area contributed by atoms with Crippen LogP contribution in [0.5, 0.6) is 0 Å². The fraction of sp³-hybridized carbons (Fsp3) is 0.357. The summed E-state index contributed by atoms with van der Waals surface area (Å²) in [5, 5.41) is 0. The number of fused-ring (bicyclic) bond motifs is 1. The van der Waals surface area contributed by atoms with Crippen LogP contribution in [-0.2, 0) is 19.4 Å². The molecule has 1 aromatic heterocycles. The minimum absolute atomic E-state index is 0.464. The standard InChI is InChI=1S/C14H17N3/c1-9-14(17-13(8-15)16-9)12-6-5-10-3-2-4-11(10)7-12/h5-7H,2-4,8,15H2,1H3,(H,16,17). The molecule has 0 radical (unpaired) electrons. The largest absolute Gasteiger partial charge is 0.344 e. The second-order valence-electron chi connectivity index (χ2n) is 4.70. The average molecular weight is 227 g/mol. The molecule has 0 saturated carbocycles. The molecule has 0 fully saturated rings. The van der Waals surface area contributed by atoms with Gasteiger partial charge in [-0.3, -0.25) is 0 Å². The summed E-state index contributed by atoms with van der Waals surface area (Å²) in [5.41, 5.74) is 11.9. The van der Waals surface area contributed by atoms with E-state index in [1.807, 2.05) is 0 Å². The summed E-state index contributed by atoms with van der Waals surface area (Å²) >= 11 is 0. The third-order valence-corrected chi connectivity index (χ3v) is 3.50. The fourth-order valence-corrected chi connectivity index (χ4v) is 2.62. The molecule has 2 aromatic rings. The normalized spacial score (nSPS) is 14.0. The Balaban J connectivity index is 2.06. The lowest BCUT2D eigenvalue weighted by atomic mass is 10.0. The van der Waals surface area contributed by atoms with Crippen molar-refractivity contribution in [2.45, 2.75) is 32.7 Å². The molecule has 0 bridgehead atoms. The number of rotatable bonds is 2. The van der Waals surface area contributed by atoms with E-state index in [1.165, 1.54) is 36.0 Å². The predicted octanol–water partition coefficient (Wildman–Crippen LogP) is 2.33. The number of aromatic amines is 1. The van der Waals surface area contributed by atoms with E-state index < -0.39 is 0 Å². The van der Waals surface area contributed by atoms with Gasteiger partial charge in [-0.15, -0.1) is 0 Å². The molecule has 0 amide bonds. The summed E-state index contributed by atoms with van der Waals surface area (Å²) in [4.78, 5) is 7.77. The first-order chi connectivity index (χ1) is 8.28. The Hall–Kier alpha value is -1.61. The van der Waals surface area contributed by atoms with Crippen molar-refractivity contribution in [2.75, 3.05) is 0 Å². The number of H-pyrrole nitrogens is 1. The quantitative estimate of drug-likeness (QED) is 0.827. The summed E-state index contributed by atoms with van der Waals surface area (Å²) < 4.78 is 0. The maximum absolute atomic E-state index is 5.61. The molecule has 1 aromatic carbocycles. The highest BCUT2D eigenvalue weighted by atomic mass is 15.0. The molecular formula is C14H17N3. The molecule has 3 N–H and O–H groups in total. The number of imidazole rings is 1. The van der Waals surface area contributed by atoms with Crippen molar-refractivity contribution in [3.8, 4) is 11.3 Å². The summed E-state index contributed by atoms with van der Waals surface area (Å²) in [6, 6.07) is 6.70. The highest BCUT2D eigenvalue weighted by Gasteiger charge is 2.14. The number of hydrogen-bond acceptors (Lipinski definition) is 2. The Morgan fingerprint density at radius 3 is 2.88 bits per heavy atom. The molecular weight excluding hydrogens is 210 g/mol. The van der Waals surface area contributed by atoms with E-state index >= 15 is 0 Å². The average Bonchev–Trinajstić information content (AvgIpc) is 2.93. The van der Waals surface area contributed by atoms with E-state index in [9.17, 15) is 0 Å². The van der Waals surface area contributed by atoms with Gasteiger partial charge in [0.1, 0.15) is 5.82 Å². The second-order valence-corrected chi connectivity index (χ2v) is 4.70. The first kappa shape index (κ1) is 10.5. The lowest BCUT2D eigenvalue weighted by Gasteiger charge is -2.03. The maximum atomic E-state index is 5.61. The molecule has 17 heavy (non-hydrogen) atoms. The molecule has 3 nitrogen and oxygen atoms in total. The van der Waals surface area contributed by atoms with E-state index in [4.69, 9.17) is 5.73 Å². The Morgan fingerprint density at radius 2 is 2.12 bits per heavy atom. The van der Waals surface area contributed by atoms with Gasteiger partial charge < -0.3 is 10.7 Å². The lowest BCUT2D eigenvalue weighted by molar-refractivity contribution is 0.912. The number of hydrogen-bond donors (Lipinski definition) is 2. The number of aryl methyl sites for hydroxylation is 3. The number of nitrogens with zero attached hydrogens (tertiary/aromatic N) is 1. The molecule has 0 unspecified atom stereocenters. The number of aromatic nitrogens is 2. The summed E-state index contributed by atoms with van der Waals surface area (Å²) in [5.74, 6) is 0.859. The molecule has 0 atom stereocenters. The second kappa shape index (κ2) is 4.00. The number of benzene rings is 1. The third-order valence-electron chi connectivity index (χ3n) is 3.50. The van der Waals surface area contributed by atoms with E-state index in [1.54, 1.807) is 0 Å². The van der Waals surface area contributed by atoms with Crippen molar-refractivity contribution >= 4 is 0 Å². The van der Waals surface area contributed by atoms with E-state index in [-0.39, 0.29) is 0 Å². The van der Waals surface area contributed by atoms with E-state index in [0.29, 0.717) is 6.54 Å². The van der Waals surface area contributed by atoms with Crippen molar-refractivity contribution in [1.29, 1.82) is 0 Å². The Kier molecular flexibility index (Phi) is 2.48. The van der Waals surface area contributed by atoms with Crippen LogP contribution in [0.25, 0.3) is 11.3 Å². The van der Waals surface area contributed by atoms with Crippen molar-refractivity contribution < 1.29 is 0 Å². The van der Waals surface area contributed by atoms with Gasteiger partial charge in [-0.1, -0.05) is 12.1 Å². The van der Waals surface area contributed by atoms with Gasteiger partial charge in [-0.2, -0.15) is 0 Å². The van der Waals surface area contributed by atoms with Gasteiger partial charge in [-0.25, -0.2) is 4.98 Å². The zero-order valence-corrected chi connectivity index (χ0v) is 10.1. The van der Waals surface area contributed by atoms with Crippen molar-refractivity contribution in [2.24, 2.45) is 5.73 Å². The molecule has 0 spiro atoms. The number of nitrogens with one attached hydrogen (secondary N) is 1. The Labute approximate surface area is 101 Å².